The topological polar surface area (TPSA) is 69.7 Å². The standard InChI is InChI=1S/C22H27N3O3/c26-20(12-15-25-21(27)18-6-2-3-7-19(18)22(25)28)23-16-8-10-17(11-9-16)24-13-4-1-5-14-24/h2-3,8-11,18-19H,1,4-7,12-15H2,(H,23,26)/t18-,19-/m1/s1. The van der Waals surface area contributed by atoms with Gasteiger partial charge in [0.2, 0.25) is 17.7 Å². The van der Waals surface area contributed by atoms with Crippen LogP contribution < -0.4 is 10.2 Å². The Hall–Kier alpha value is -2.63. The zero-order valence-electron chi connectivity index (χ0n) is 16.1. The number of hydrogen-bond acceptors (Lipinski definition) is 4. The van der Waals surface area contributed by atoms with Crippen molar-refractivity contribution in [3.63, 3.8) is 0 Å². The van der Waals surface area contributed by atoms with Gasteiger partial charge in [-0.3, -0.25) is 19.3 Å². The molecule has 1 aromatic carbocycles. The molecular formula is C22H27N3O3. The molecule has 3 amide bonds. The molecule has 2 heterocycles. The lowest BCUT2D eigenvalue weighted by Gasteiger charge is -2.28. The quantitative estimate of drug-likeness (QED) is 0.629. The maximum Gasteiger partial charge on any atom is 0.233 e. The summed E-state index contributed by atoms with van der Waals surface area (Å²) >= 11 is 0. The zero-order chi connectivity index (χ0) is 19.5. The van der Waals surface area contributed by atoms with E-state index in [1.807, 2.05) is 36.4 Å². The van der Waals surface area contributed by atoms with E-state index in [2.05, 4.69) is 10.2 Å². The molecule has 0 aromatic heterocycles. The summed E-state index contributed by atoms with van der Waals surface area (Å²) in [5, 5.41) is 2.87. The molecule has 1 N–H and O–H groups in total. The van der Waals surface area contributed by atoms with Crippen molar-refractivity contribution < 1.29 is 14.4 Å². The molecule has 1 aromatic rings. The monoisotopic (exact) mass is 381 g/mol. The van der Waals surface area contributed by atoms with Gasteiger partial charge >= 0.3 is 0 Å². The maximum atomic E-state index is 12.4. The number of piperidine rings is 1. The molecule has 2 fully saturated rings. The number of amides is 3. The Morgan fingerprint density at radius 3 is 2.14 bits per heavy atom. The van der Waals surface area contributed by atoms with Crippen molar-refractivity contribution in [1.29, 1.82) is 0 Å². The zero-order valence-corrected chi connectivity index (χ0v) is 16.1. The summed E-state index contributed by atoms with van der Waals surface area (Å²) in [7, 11) is 0. The van der Waals surface area contributed by atoms with Crippen molar-refractivity contribution in [2.24, 2.45) is 11.8 Å². The summed E-state index contributed by atoms with van der Waals surface area (Å²) < 4.78 is 0. The molecule has 28 heavy (non-hydrogen) atoms. The molecule has 0 unspecified atom stereocenters. The normalized spacial score (nSPS) is 24.4. The predicted molar refractivity (Wildman–Crippen MR) is 108 cm³/mol. The highest BCUT2D eigenvalue weighted by atomic mass is 16.2. The van der Waals surface area contributed by atoms with Crippen molar-refractivity contribution in [2.45, 2.75) is 38.5 Å². The lowest BCUT2D eigenvalue weighted by molar-refractivity contribution is -0.140. The van der Waals surface area contributed by atoms with Gasteiger partial charge in [-0.1, -0.05) is 12.2 Å². The highest BCUT2D eigenvalue weighted by molar-refractivity contribution is 6.05. The van der Waals surface area contributed by atoms with Crippen LogP contribution in [-0.2, 0) is 14.4 Å². The third-order valence-corrected chi connectivity index (χ3v) is 6.03. The van der Waals surface area contributed by atoms with E-state index in [4.69, 9.17) is 0 Å². The van der Waals surface area contributed by atoms with Gasteiger partial charge in [0.1, 0.15) is 0 Å². The fourth-order valence-corrected chi connectivity index (χ4v) is 4.43. The molecule has 1 aliphatic carbocycles. The van der Waals surface area contributed by atoms with Crippen molar-refractivity contribution in [3.8, 4) is 0 Å². The second-order valence-electron chi connectivity index (χ2n) is 7.88. The fourth-order valence-electron chi connectivity index (χ4n) is 4.43. The van der Waals surface area contributed by atoms with Gasteiger partial charge in [0, 0.05) is 37.4 Å². The summed E-state index contributed by atoms with van der Waals surface area (Å²) in [6, 6.07) is 7.89. The Morgan fingerprint density at radius 2 is 1.54 bits per heavy atom. The lowest BCUT2D eigenvalue weighted by atomic mass is 9.85. The van der Waals surface area contributed by atoms with E-state index in [-0.39, 0.29) is 42.5 Å². The summed E-state index contributed by atoms with van der Waals surface area (Å²) in [6.07, 6.45) is 9.06. The van der Waals surface area contributed by atoms with Crippen LogP contribution in [0.3, 0.4) is 0 Å². The minimum Gasteiger partial charge on any atom is -0.372 e. The van der Waals surface area contributed by atoms with Crippen LogP contribution in [0.1, 0.15) is 38.5 Å². The Labute approximate surface area is 165 Å². The lowest BCUT2D eigenvalue weighted by Crippen LogP contribution is -2.34. The fraction of sp³-hybridized carbons (Fsp3) is 0.500. The molecule has 6 heteroatoms. The molecule has 0 radical (unpaired) electrons. The number of rotatable bonds is 5. The summed E-state index contributed by atoms with van der Waals surface area (Å²) in [6.45, 7) is 2.32. The second-order valence-corrected chi connectivity index (χ2v) is 7.88. The SMILES string of the molecule is O=C(CCN1C(=O)[C@@H]2CC=CC[C@H]2C1=O)Nc1ccc(N2CCCCC2)cc1. The first-order valence-electron chi connectivity index (χ1n) is 10.3. The number of fused-ring (bicyclic) bond motifs is 1. The number of likely N-dealkylation sites (tertiary alicyclic amines) is 1. The van der Waals surface area contributed by atoms with E-state index >= 15 is 0 Å². The van der Waals surface area contributed by atoms with Gasteiger partial charge in [0.15, 0.2) is 0 Å². The predicted octanol–water partition coefficient (Wildman–Crippen LogP) is 2.96. The third-order valence-electron chi connectivity index (χ3n) is 6.03. The first kappa shape index (κ1) is 18.7. The second kappa shape index (κ2) is 8.17. The van der Waals surface area contributed by atoms with E-state index in [0.717, 1.165) is 18.8 Å². The Morgan fingerprint density at radius 1 is 0.929 bits per heavy atom. The molecule has 2 atom stereocenters. The number of carbonyl (C=O) groups excluding carboxylic acids is 3. The number of allylic oxidation sites excluding steroid dienone is 2. The van der Waals surface area contributed by atoms with Crippen LogP contribution >= 0.6 is 0 Å². The van der Waals surface area contributed by atoms with Crippen LogP contribution in [0.5, 0.6) is 0 Å². The summed E-state index contributed by atoms with van der Waals surface area (Å²) in [4.78, 5) is 40.8. The molecule has 4 rings (SSSR count). The van der Waals surface area contributed by atoms with E-state index in [1.54, 1.807) is 0 Å². The Kier molecular flexibility index (Phi) is 5.46. The number of anilines is 2. The van der Waals surface area contributed by atoms with E-state index < -0.39 is 0 Å². The van der Waals surface area contributed by atoms with Crippen LogP contribution in [0, 0.1) is 11.8 Å². The van der Waals surface area contributed by atoms with Crippen molar-refractivity contribution in [1.82, 2.24) is 4.90 Å². The smallest absolute Gasteiger partial charge is 0.233 e. The number of hydrogen-bond donors (Lipinski definition) is 1. The average molecular weight is 381 g/mol. The minimum absolute atomic E-state index is 0.123. The van der Waals surface area contributed by atoms with Gasteiger partial charge in [-0.2, -0.15) is 0 Å². The van der Waals surface area contributed by atoms with Crippen LogP contribution in [0.25, 0.3) is 0 Å². The van der Waals surface area contributed by atoms with Crippen molar-refractivity contribution in [3.05, 3.63) is 36.4 Å². The van der Waals surface area contributed by atoms with E-state index in [0.29, 0.717) is 12.8 Å². The molecule has 3 aliphatic rings. The summed E-state index contributed by atoms with van der Waals surface area (Å²) in [5.74, 6) is -0.902. The highest BCUT2D eigenvalue weighted by Crippen LogP contribution is 2.35. The third kappa shape index (κ3) is 3.81. The van der Waals surface area contributed by atoms with Gasteiger partial charge in [0.25, 0.3) is 0 Å². The van der Waals surface area contributed by atoms with Crippen molar-refractivity contribution in [2.75, 3.05) is 29.9 Å². The van der Waals surface area contributed by atoms with Crippen LogP contribution in [0.15, 0.2) is 36.4 Å². The molecule has 2 saturated heterocycles. The number of nitrogens with one attached hydrogen (secondary N) is 1. The first-order valence-corrected chi connectivity index (χ1v) is 10.3. The number of nitrogens with zero attached hydrogens (tertiary/aromatic N) is 2. The molecule has 0 bridgehead atoms. The van der Waals surface area contributed by atoms with Crippen LogP contribution in [-0.4, -0.2) is 42.3 Å². The Bertz CT molecular complexity index is 755. The number of benzene rings is 1. The molecular weight excluding hydrogens is 354 g/mol. The van der Waals surface area contributed by atoms with Crippen molar-refractivity contribution >= 4 is 29.1 Å². The molecule has 0 saturated carbocycles. The minimum atomic E-state index is -0.233. The van der Waals surface area contributed by atoms with E-state index in [9.17, 15) is 14.4 Å². The molecule has 148 valence electrons. The summed E-state index contributed by atoms with van der Waals surface area (Å²) in [5.41, 5.74) is 1.92. The number of carbonyl (C=O) groups is 3. The van der Waals surface area contributed by atoms with Gasteiger partial charge in [-0.15, -0.1) is 0 Å². The Balaban J connectivity index is 1.29. The molecule has 6 nitrogen and oxygen atoms in total. The number of imide groups is 1. The van der Waals surface area contributed by atoms with Crippen LogP contribution in [0.2, 0.25) is 0 Å². The molecule has 2 aliphatic heterocycles. The molecule has 0 spiro atoms. The van der Waals surface area contributed by atoms with Gasteiger partial charge in [-0.05, 0) is 56.4 Å². The van der Waals surface area contributed by atoms with E-state index in [1.165, 1.54) is 29.8 Å². The largest absolute Gasteiger partial charge is 0.372 e. The first-order chi connectivity index (χ1) is 13.6. The van der Waals surface area contributed by atoms with Crippen LogP contribution in [0.4, 0.5) is 11.4 Å². The average Bonchev–Trinajstić information content (AvgIpc) is 2.98. The van der Waals surface area contributed by atoms with Gasteiger partial charge in [-0.25, -0.2) is 0 Å². The van der Waals surface area contributed by atoms with Gasteiger partial charge < -0.3 is 10.2 Å². The maximum absolute atomic E-state index is 12.4. The van der Waals surface area contributed by atoms with Gasteiger partial charge in [0.05, 0.1) is 11.8 Å². The highest BCUT2D eigenvalue weighted by Gasteiger charge is 2.46.